The highest BCUT2D eigenvalue weighted by atomic mass is 16.2. The molecule has 2 N–H and O–H groups in total. The summed E-state index contributed by atoms with van der Waals surface area (Å²) in [6, 6.07) is 13.6. The number of aromatic amines is 1. The number of aromatic nitrogens is 4. The number of hydrogen-bond acceptors (Lipinski definition) is 4. The average molecular weight is 342 g/mol. The van der Waals surface area contributed by atoms with Crippen LogP contribution < -0.4 is 9.88 Å². The molecule has 126 valence electrons. The van der Waals surface area contributed by atoms with Crippen molar-refractivity contribution in [2.45, 2.75) is 12.5 Å². The largest absolute Gasteiger partial charge is 0.359 e. The van der Waals surface area contributed by atoms with Gasteiger partial charge in [-0.3, -0.25) is 5.32 Å². The highest BCUT2D eigenvalue weighted by Gasteiger charge is 2.38. The number of H-pyrrole nitrogens is 1. The third-order valence-electron chi connectivity index (χ3n) is 4.70. The van der Waals surface area contributed by atoms with Gasteiger partial charge in [0.1, 0.15) is 23.7 Å². The van der Waals surface area contributed by atoms with Gasteiger partial charge in [0.2, 0.25) is 0 Å². The Labute approximate surface area is 149 Å². The van der Waals surface area contributed by atoms with Gasteiger partial charge in [0.05, 0.1) is 0 Å². The summed E-state index contributed by atoms with van der Waals surface area (Å²) < 4.78 is 1.66. The molecule has 0 aliphatic carbocycles. The van der Waals surface area contributed by atoms with Crippen LogP contribution in [-0.2, 0) is 6.42 Å². The maximum absolute atomic E-state index is 12.8. The third-order valence-corrected chi connectivity index (χ3v) is 4.70. The molecule has 4 heterocycles. The number of fused-ring (bicyclic) bond motifs is 2. The number of hydrogen-bond donors (Lipinski definition) is 2. The molecule has 1 unspecified atom stereocenters. The van der Waals surface area contributed by atoms with Crippen molar-refractivity contribution < 1.29 is 9.36 Å². The molecule has 5 rings (SSSR count). The molecule has 0 saturated heterocycles. The van der Waals surface area contributed by atoms with Crippen LogP contribution in [0.5, 0.6) is 0 Å². The fraction of sp³-hybridized carbons (Fsp3) is 0.100. The number of nitrogens with one attached hydrogen (secondary N) is 2. The van der Waals surface area contributed by atoms with Crippen molar-refractivity contribution >= 4 is 22.8 Å². The van der Waals surface area contributed by atoms with Crippen molar-refractivity contribution in [3.8, 4) is 11.3 Å². The first-order chi connectivity index (χ1) is 12.8. The fourth-order valence-corrected chi connectivity index (χ4v) is 3.41. The quantitative estimate of drug-likeness (QED) is 0.561. The first kappa shape index (κ1) is 14.8. The summed E-state index contributed by atoms with van der Waals surface area (Å²) in [5.41, 5.74) is 3.61. The van der Waals surface area contributed by atoms with Crippen molar-refractivity contribution in [1.29, 1.82) is 0 Å². The Balaban J connectivity index is 1.49. The molecule has 3 aromatic heterocycles. The molecule has 26 heavy (non-hydrogen) atoms. The summed E-state index contributed by atoms with van der Waals surface area (Å²) in [4.78, 5) is 24.8. The molecule has 0 fully saturated rings. The smallest absolute Gasteiger partial charge is 0.345 e. The van der Waals surface area contributed by atoms with E-state index in [-0.39, 0.29) is 11.9 Å². The Kier molecular flexibility index (Phi) is 3.28. The van der Waals surface area contributed by atoms with Gasteiger partial charge in [0.25, 0.3) is 0 Å². The van der Waals surface area contributed by atoms with E-state index in [4.69, 9.17) is 0 Å². The molecular formula is C20H16N5O+. The van der Waals surface area contributed by atoms with E-state index in [1.807, 2.05) is 48.7 Å². The van der Waals surface area contributed by atoms with E-state index in [1.54, 1.807) is 23.2 Å². The van der Waals surface area contributed by atoms with Crippen molar-refractivity contribution in [3.63, 3.8) is 0 Å². The normalized spacial score (nSPS) is 15.8. The Hall–Kier alpha value is -3.54. The van der Waals surface area contributed by atoms with E-state index in [9.17, 15) is 4.79 Å². The van der Waals surface area contributed by atoms with E-state index in [2.05, 4.69) is 20.3 Å². The van der Waals surface area contributed by atoms with Crippen LogP contribution in [0.4, 0.5) is 5.82 Å². The Morgan fingerprint density at radius 2 is 1.96 bits per heavy atom. The number of carbonyl (C=O) groups is 1. The lowest BCUT2D eigenvalue weighted by Crippen LogP contribution is -2.43. The molecule has 0 spiro atoms. The minimum absolute atomic E-state index is 0.0328. The zero-order chi connectivity index (χ0) is 17.5. The van der Waals surface area contributed by atoms with E-state index in [0.29, 0.717) is 6.42 Å². The van der Waals surface area contributed by atoms with Crippen LogP contribution in [0.15, 0.2) is 67.3 Å². The molecule has 4 aromatic rings. The van der Waals surface area contributed by atoms with Gasteiger partial charge in [0.15, 0.2) is 6.04 Å². The number of nitrogens with zero attached hydrogens (tertiary/aromatic N) is 3. The van der Waals surface area contributed by atoms with Crippen LogP contribution in [0.2, 0.25) is 0 Å². The predicted octanol–water partition coefficient (Wildman–Crippen LogP) is 2.59. The molecule has 6 nitrogen and oxygen atoms in total. The van der Waals surface area contributed by atoms with Gasteiger partial charge >= 0.3 is 11.7 Å². The van der Waals surface area contributed by atoms with Crippen molar-refractivity contribution in [2.75, 3.05) is 5.32 Å². The van der Waals surface area contributed by atoms with E-state index >= 15 is 0 Å². The van der Waals surface area contributed by atoms with Gasteiger partial charge in [-0.15, -0.1) is 0 Å². The van der Waals surface area contributed by atoms with Crippen LogP contribution in [0, 0.1) is 0 Å². The van der Waals surface area contributed by atoms with Crippen LogP contribution in [0.25, 0.3) is 22.3 Å². The second kappa shape index (κ2) is 5.77. The lowest BCUT2D eigenvalue weighted by Gasteiger charge is -2.02. The summed E-state index contributed by atoms with van der Waals surface area (Å²) in [5, 5.41) is 4.26. The highest BCUT2D eigenvalue weighted by molar-refractivity contribution is 5.92. The molecule has 1 aliphatic heterocycles. The van der Waals surface area contributed by atoms with Crippen LogP contribution in [-0.4, -0.2) is 26.9 Å². The highest BCUT2D eigenvalue weighted by Crippen LogP contribution is 2.26. The zero-order valence-electron chi connectivity index (χ0n) is 13.9. The van der Waals surface area contributed by atoms with Gasteiger partial charge < -0.3 is 4.98 Å². The SMILES string of the molecule is O=C1C(Cc2ccccc2)Nc2cnc(-c3c[nH]c4ncccc34)c[n+]21. The minimum atomic E-state index is -0.279. The minimum Gasteiger partial charge on any atom is -0.345 e. The lowest BCUT2D eigenvalue weighted by molar-refractivity contribution is -0.552. The Morgan fingerprint density at radius 3 is 2.85 bits per heavy atom. The summed E-state index contributed by atoms with van der Waals surface area (Å²) >= 11 is 0. The molecule has 1 atom stereocenters. The van der Waals surface area contributed by atoms with Crippen LogP contribution >= 0.6 is 0 Å². The first-order valence-corrected chi connectivity index (χ1v) is 8.48. The van der Waals surface area contributed by atoms with Crippen LogP contribution in [0.1, 0.15) is 10.4 Å². The predicted molar refractivity (Wildman–Crippen MR) is 97.7 cm³/mol. The molecular weight excluding hydrogens is 326 g/mol. The van der Waals surface area contributed by atoms with Crippen molar-refractivity contribution in [2.24, 2.45) is 0 Å². The monoisotopic (exact) mass is 342 g/mol. The van der Waals surface area contributed by atoms with Gasteiger partial charge in [-0.1, -0.05) is 30.3 Å². The van der Waals surface area contributed by atoms with Gasteiger partial charge in [0, 0.05) is 29.8 Å². The van der Waals surface area contributed by atoms with E-state index in [0.717, 1.165) is 33.7 Å². The van der Waals surface area contributed by atoms with Crippen molar-refractivity contribution in [3.05, 3.63) is 72.8 Å². The van der Waals surface area contributed by atoms with Crippen molar-refractivity contribution in [1.82, 2.24) is 15.0 Å². The van der Waals surface area contributed by atoms with Crippen LogP contribution in [0.3, 0.4) is 0 Å². The number of benzene rings is 1. The summed E-state index contributed by atoms with van der Waals surface area (Å²) in [5.74, 6) is 0.753. The molecule has 0 radical (unpaired) electrons. The topological polar surface area (TPSA) is 74.5 Å². The molecule has 1 aromatic carbocycles. The third kappa shape index (κ3) is 2.35. The standard InChI is InChI=1S/C20H15N5O/c26-20-16(9-13-5-2-1-3-6-13)24-18-11-22-17(12-25(18)20)15-10-23-19-14(15)7-4-8-21-19/h1-8,10-12,16H,9H2,(H,21,23)/p+1. The maximum Gasteiger partial charge on any atom is 0.359 e. The number of pyridine rings is 1. The maximum atomic E-state index is 12.8. The van der Waals surface area contributed by atoms with Gasteiger partial charge in [-0.05, 0) is 17.7 Å². The molecule has 0 saturated carbocycles. The molecule has 6 heteroatoms. The number of carbonyl (C=O) groups excluding carboxylic acids is 1. The zero-order valence-corrected chi connectivity index (χ0v) is 13.9. The molecule has 1 aliphatic rings. The molecule has 0 bridgehead atoms. The van der Waals surface area contributed by atoms with E-state index in [1.165, 1.54) is 0 Å². The number of rotatable bonds is 3. The summed E-state index contributed by atoms with van der Waals surface area (Å²) in [6.07, 6.45) is 7.78. The van der Waals surface area contributed by atoms with Gasteiger partial charge in [-0.25, -0.2) is 14.8 Å². The second-order valence-corrected chi connectivity index (χ2v) is 6.35. The first-order valence-electron chi connectivity index (χ1n) is 8.48. The fourth-order valence-electron chi connectivity index (χ4n) is 3.41. The average Bonchev–Trinajstić information content (AvgIpc) is 3.24. The van der Waals surface area contributed by atoms with E-state index < -0.39 is 0 Å². The van der Waals surface area contributed by atoms with Gasteiger partial charge in [-0.2, -0.15) is 4.57 Å². The summed E-state index contributed by atoms with van der Waals surface area (Å²) in [6.45, 7) is 0. The summed E-state index contributed by atoms with van der Waals surface area (Å²) in [7, 11) is 0. The number of anilines is 1. The Morgan fingerprint density at radius 1 is 1.08 bits per heavy atom. The molecule has 0 amide bonds. The Bertz CT molecular complexity index is 1120. The lowest BCUT2D eigenvalue weighted by atomic mass is 10.1. The second-order valence-electron chi connectivity index (χ2n) is 6.35.